The van der Waals surface area contributed by atoms with Crippen molar-refractivity contribution in [1.29, 1.82) is 0 Å². The Kier molecular flexibility index (Phi) is 3.06. The quantitative estimate of drug-likeness (QED) is 0.774. The highest BCUT2D eigenvalue weighted by atomic mass is 16.4. The van der Waals surface area contributed by atoms with Crippen molar-refractivity contribution in [3.8, 4) is 0 Å². The maximum absolute atomic E-state index is 11.8. The number of aromatic nitrogens is 1. The van der Waals surface area contributed by atoms with Gasteiger partial charge in [-0.1, -0.05) is 0 Å². The summed E-state index contributed by atoms with van der Waals surface area (Å²) >= 11 is 0. The minimum Gasteiger partial charge on any atom is -0.478 e. The Balaban J connectivity index is 2.35. The molecule has 1 atom stereocenters. The Morgan fingerprint density at radius 2 is 2.41 bits per heavy atom. The topological polar surface area (TPSA) is 96.5 Å². The molecule has 6 nitrogen and oxygen atoms in total. The third-order valence-corrected chi connectivity index (χ3v) is 2.81. The molecule has 1 unspecified atom stereocenters. The van der Waals surface area contributed by atoms with Crippen LogP contribution in [0.2, 0.25) is 0 Å². The molecular weight excluding hydrogens is 222 g/mol. The number of carboxylic acids is 1. The van der Waals surface area contributed by atoms with Crippen LogP contribution in [0.4, 0.5) is 5.82 Å². The van der Waals surface area contributed by atoms with Crippen LogP contribution in [0.5, 0.6) is 0 Å². The molecule has 0 spiro atoms. The second-order valence-electron chi connectivity index (χ2n) is 3.99. The van der Waals surface area contributed by atoms with Crippen molar-refractivity contribution in [3.63, 3.8) is 0 Å². The normalized spacial score (nSPS) is 19.7. The van der Waals surface area contributed by atoms with Crippen LogP contribution in [0, 0.1) is 5.92 Å². The van der Waals surface area contributed by atoms with Gasteiger partial charge in [-0.05, 0) is 24.6 Å². The summed E-state index contributed by atoms with van der Waals surface area (Å²) in [6.45, 7) is 0.851. The fourth-order valence-corrected chi connectivity index (χ4v) is 1.92. The first-order valence-electron chi connectivity index (χ1n) is 5.32. The lowest BCUT2D eigenvalue weighted by atomic mass is 10.1. The highest BCUT2D eigenvalue weighted by molar-refractivity contribution is 6.01. The van der Waals surface area contributed by atoms with E-state index < -0.39 is 5.97 Å². The number of rotatable bonds is 3. The van der Waals surface area contributed by atoms with E-state index in [0.29, 0.717) is 19.5 Å². The monoisotopic (exact) mass is 235 g/mol. The number of aromatic carboxylic acids is 1. The minimum atomic E-state index is -1.09. The molecule has 17 heavy (non-hydrogen) atoms. The van der Waals surface area contributed by atoms with Crippen LogP contribution in [0.1, 0.15) is 16.8 Å². The molecule has 2 heterocycles. The third-order valence-electron chi connectivity index (χ3n) is 2.81. The number of hydrogen-bond donors (Lipinski definition) is 2. The summed E-state index contributed by atoms with van der Waals surface area (Å²) in [5.74, 6) is -0.925. The molecule has 90 valence electrons. The van der Waals surface area contributed by atoms with Crippen LogP contribution in [0.25, 0.3) is 0 Å². The van der Waals surface area contributed by atoms with Gasteiger partial charge in [0.2, 0.25) is 5.91 Å². The smallest absolute Gasteiger partial charge is 0.339 e. The highest BCUT2D eigenvalue weighted by Crippen LogP contribution is 2.25. The molecule has 1 aliphatic rings. The summed E-state index contributed by atoms with van der Waals surface area (Å²) in [6.07, 6.45) is 1.83. The van der Waals surface area contributed by atoms with Gasteiger partial charge in [0.25, 0.3) is 0 Å². The Morgan fingerprint density at radius 1 is 1.65 bits per heavy atom. The zero-order chi connectivity index (χ0) is 12.4. The van der Waals surface area contributed by atoms with Crippen molar-refractivity contribution < 1.29 is 14.7 Å². The molecule has 0 bridgehead atoms. The van der Waals surface area contributed by atoms with Crippen molar-refractivity contribution in [2.24, 2.45) is 11.7 Å². The number of carboxylic acid groups (broad SMARTS) is 1. The van der Waals surface area contributed by atoms with E-state index in [0.717, 1.165) is 0 Å². The van der Waals surface area contributed by atoms with Gasteiger partial charge in [-0.25, -0.2) is 9.78 Å². The Bertz CT molecular complexity index is 461. The summed E-state index contributed by atoms with van der Waals surface area (Å²) in [4.78, 5) is 28.2. The van der Waals surface area contributed by atoms with Gasteiger partial charge in [0.05, 0.1) is 0 Å². The van der Waals surface area contributed by atoms with Crippen LogP contribution in [-0.2, 0) is 4.79 Å². The molecular formula is C11H13N3O3. The van der Waals surface area contributed by atoms with Crippen molar-refractivity contribution in [2.45, 2.75) is 6.42 Å². The second kappa shape index (κ2) is 4.50. The second-order valence-corrected chi connectivity index (χ2v) is 3.99. The third kappa shape index (κ3) is 2.12. The average molecular weight is 235 g/mol. The molecule has 1 aromatic rings. The van der Waals surface area contributed by atoms with Gasteiger partial charge in [0, 0.05) is 19.2 Å². The van der Waals surface area contributed by atoms with E-state index in [1.165, 1.54) is 23.2 Å². The van der Waals surface area contributed by atoms with Gasteiger partial charge in [-0.3, -0.25) is 9.69 Å². The lowest BCUT2D eigenvalue weighted by molar-refractivity contribution is -0.117. The zero-order valence-electron chi connectivity index (χ0n) is 9.17. The molecule has 0 aromatic carbocycles. The van der Waals surface area contributed by atoms with Crippen molar-refractivity contribution >= 4 is 17.7 Å². The summed E-state index contributed by atoms with van der Waals surface area (Å²) in [5, 5.41) is 9.03. The summed E-state index contributed by atoms with van der Waals surface area (Å²) in [5.41, 5.74) is 5.56. The van der Waals surface area contributed by atoms with Crippen LogP contribution in [0.15, 0.2) is 18.3 Å². The molecule has 1 fully saturated rings. The number of hydrogen-bond acceptors (Lipinski definition) is 4. The SMILES string of the molecule is NCC1CC(=O)N(c2ncccc2C(=O)O)C1. The van der Waals surface area contributed by atoms with Gasteiger partial charge < -0.3 is 10.8 Å². The fourth-order valence-electron chi connectivity index (χ4n) is 1.92. The van der Waals surface area contributed by atoms with Crippen LogP contribution >= 0.6 is 0 Å². The molecule has 1 aliphatic heterocycles. The van der Waals surface area contributed by atoms with Crippen molar-refractivity contribution in [2.75, 3.05) is 18.0 Å². The number of amides is 1. The molecule has 0 radical (unpaired) electrons. The maximum Gasteiger partial charge on any atom is 0.339 e. The molecule has 2 rings (SSSR count). The van der Waals surface area contributed by atoms with Crippen molar-refractivity contribution in [3.05, 3.63) is 23.9 Å². The van der Waals surface area contributed by atoms with E-state index in [1.54, 1.807) is 0 Å². The van der Waals surface area contributed by atoms with E-state index in [-0.39, 0.29) is 23.2 Å². The maximum atomic E-state index is 11.8. The number of nitrogens with zero attached hydrogens (tertiary/aromatic N) is 2. The number of anilines is 1. The molecule has 0 saturated carbocycles. The van der Waals surface area contributed by atoms with E-state index in [9.17, 15) is 9.59 Å². The number of carbonyl (C=O) groups excluding carboxylic acids is 1. The van der Waals surface area contributed by atoms with E-state index >= 15 is 0 Å². The molecule has 3 N–H and O–H groups in total. The summed E-state index contributed by atoms with van der Waals surface area (Å²) in [6, 6.07) is 2.97. The van der Waals surface area contributed by atoms with E-state index in [2.05, 4.69) is 4.98 Å². The average Bonchev–Trinajstić information content (AvgIpc) is 2.70. The first kappa shape index (κ1) is 11.5. The fraction of sp³-hybridized carbons (Fsp3) is 0.364. The van der Waals surface area contributed by atoms with Crippen LogP contribution in [0.3, 0.4) is 0 Å². The van der Waals surface area contributed by atoms with Gasteiger partial charge in [-0.15, -0.1) is 0 Å². The number of nitrogens with two attached hydrogens (primary N) is 1. The Hall–Kier alpha value is -1.95. The predicted molar refractivity (Wildman–Crippen MR) is 60.7 cm³/mol. The number of pyridine rings is 1. The van der Waals surface area contributed by atoms with Gasteiger partial charge in [0.1, 0.15) is 11.4 Å². The molecule has 6 heteroatoms. The first-order chi connectivity index (χ1) is 8.13. The van der Waals surface area contributed by atoms with Crippen LogP contribution < -0.4 is 10.6 Å². The minimum absolute atomic E-state index is 0.0403. The summed E-state index contributed by atoms with van der Waals surface area (Å²) < 4.78 is 0. The first-order valence-corrected chi connectivity index (χ1v) is 5.32. The largest absolute Gasteiger partial charge is 0.478 e. The number of carbonyl (C=O) groups is 2. The standard InChI is InChI=1S/C11H13N3O3/c12-5-7-4-9(15)14(6-7)10-8(11(16)17)2-1-3-13-10/h1-3,7H,4-6,12H2,(H,16,17). The summed E-state index contributed by atoms with van der Waals surface area (Å²) in [7, 11) is 0. The van der Waals surface area contributed by atoms with Gasteiger partial charge in [-0.2, -0.15) is 0 Å². The van der Waals surface area contributed by atoms with Crippen LogP contribution in [-0.4, -0.2) is 35.1 Å². The van der Waals surface area contributed by atoms with E-state index in [1.807, 2.05) is 0 Å². The Labute approximate surface area is 98.1 Å². The Morgan fingerprint density at radius 3 is 3.00 bits per heavy atom. The van der Waals surface area contributed by atoms with Gasteiger partial charge >= 0.3 is 5.97 Å². The van der Waals surface area contributed by atoms with E-state index in [4.69, 9.17) is 10.8 Å². The lowest BCUT2D eigenvalue weighted by Gasteiger charge is -2.17. The lowest BCUT2D eigenvalue weighted by Crippen LogP contribution is -2.28. The zero-order valence-corrected chi connectivity index (χ0v) is 9.17. The van der Waals surface area contributed by atoms with Crippen molar-refractivity contribution in [1.82, 2.24) is 4.98 Å². The molecule has 1 aromatic heterocycles. The highest BCUT2D eigenvalue weighted by Gasteiger charge is 2.32. The molecule has 0 aliphatic carbocycles. The van der Waals surface area contributed by atoms with Gasteiger partial charge in [0.15, 0.2) is 0 Å². The predicted octanol–water partition coefficient (Wildman–Crippen LogP) is 0.0914. The molecule has 1 saturated heterocycles. The molecule has 1 amide bonds.